The maximum Gasteiger partial charge on any atom is 0.410 e. The highest BCUT2D eigenvalue weighted by Gasteiger charge is 2.61. The zero-order valence-corrected chi connectivity index (χ0v) is 40.3. The van der Waals surface area contributed by atoms with Gasteiger partial charge in [0.1, 0.15) is 25.5 Å². The van der Waals surface area contributed by atoms with Gasteiger partial charge in [-0.15, -0.1) is 11.8 Å². The normalized spacial score (nSPS) is 20.1. The molecule has 3 heterocycles. The SMILES string of the molecule is C[C@@H](O[Si](C)(C)C)[C@H]1C(=O)N2C(C(=O)OCc3ccc([N+](=O)[O-])cc3)=C(S[C@H]3C[C@@H](CNC(=O)CCCNC(=O)OCc4ccc([N+](=O)[O-])cc4)N(C(=O)OCc4ccc([N+](=O)[O-])cc4)C3)[C@H](C)[C@H]12. The zero-order chi connectivity index (χ0) is 50.2. The van der Waals surface area contributed by atoms with Crippen molar-refractivity contribution in [3.8, 4) is 0 Å². The number of hydrogen-bond acceptors (Lipinski definition) is 16. The van der Waals surface area contributed by atoms with Gasteiger partial charge in [-0.2, -0.15) is 0 Å². The minimum Gasteiger partial charge on any atom is -0.456 e. The number of benzene rings is 3. The molecule has 4 amide bonds. The van der Waals surface area contributed by atoms with Gasteiger partial charge in [-0.05, 0) is 92.5 Å². The minimum atomic E-state index is -2.08. The third-order valence-electron chi connectivity index (χ3n) is 11.7. The highest BCUT2D eigenvalue weighted by molar-refractivity contribution is 8.03. The van der Waals surface area contributed by atoms with Crippen molar-refractivity contribution >= 4 is 67.1 Å². The van der Waals surface area contributed by atoms with Gasteiger partial charge in [0.05, 0.1) is 38.9 Å². The number of ether oxygens (including phenoxy) is 3. The molecular weight excluding hydrogens is 939 g/mol. The number of nitro benzene ring substituents is 3. The van der Waals surface area contributed by atoms with Crippen LogP contribution in [0, 0.1) is 42.2 Å². The van der Waals surface area contributed by atoms with E-state index in [1.54, 1.807) is 0 Å². The molecule has 2 saturated heterocycles. The maximum absolute atomic E-state index is 14.1. The first kappa shape index (κ1) is 51.5. The third-order valence-corrected chi connectivity index (χ3v) is 14.2. The first-order chi connectivity index (χ1) is 32.7. The smallest absolute Gasteiger partial charge is 0.410 e. The minimum absolute atomic E-state index is 0.0140. The van der Waals surface area contributed by atoms with Crippen molar-refractivity contribution < 1.29 is 57.4 Å². The van der Waals surface area contributed by atoms with Crippen LogP contribution < -0.4 is 10.6 Å². The number of carbonyl (C=O) groups excluding carboxylic acids is 5. The van der Waals surface area contributed by atoms with Crippen LogP contribution in [0.5, 0.6) is 0 Å². The summed E-state index contributed by atoms with van der Waals surface area (Å²) in [5, 5.41) is 38.3. The predicted octanol–water partition coefficient (Wildman–Crippen LogP) is 6.72. The van der Waals surface area contributed by atoms with Crippen LogP contribution in [0.25, 0.3) is 0 Å². The number of fused-ring (bicyclic) bond motifs is 1. The lowest BCUT2D eigenvalue weighted by atomic mass is 9.79. The van der Waals surface area contributed by atoms with Crippen LogP contribution in [-0.4, -0.2) is 106 Å². The van der Waals surface area contributed by atoms with E-state index in [0.29, 0.717) is 28.0 Å². The Morgan fingerprint density at radius 3 is 1.80 bits per heavy atom. The van der Waals surface area contributed by atoms with Crippen molar-refractivity contribution in [3.63, 3.8) is 0 Å². The monoisotopic (exact) mass is 991 g/mol. The molecular formula is C45H53N7O15SSi. The summed E-state index contributed by atoms with van der Waals surface area (Å²) < 4.78 is 22.9. The number of thioether (sulfide) groups is 1. The van der Waals surface area contributed by atoms with E-state index in [4.69, 9.17) is 18.6 Å². The zero-order valence-electron chi connectivity index (χ0n) is 38.5. The van der Waals surface area contributed by atoms with Crippen LogP contribution in [0.4, 0.5) is 26.7 Å². The van der Waals surface area contributed by atoms with Gasteiger partial charge in [-0.1, -0.05) is 6.92 Å². The van der Waals surface area contributed by atoms with E-state index in [-0.39, 0.29) is 98.0 Å². The van der Waals surface area contributed by atoms with Gasteiger partial charge in [0.2, 0.25) is 11.8 Å². The van der Waals surface area contributed by atoms with Crippen molar-refractivity contribution in [2.75, 3.05) is 19.6 Å². The van der Waals surface area contributed by atoms with Crippen molar-refractivity contribution in [1.82, 2.24) is 20.4 Å². The van der Waals surface area contributed by atoms with E-state index in [1.807, 2.05) is 33.5 Å². The summed E-state index contributed by atoms with van der Waals surface area (Å²) in [6.07, 6.45) is -1.29. The Morgan fingerprint density at radius 1 is 0.783 bits per heavy atom. The molecule has 0 bridgehead atoms. The quantitative estimate of drug-likeness (QED) is 0.0213. The molecule has 0 aliphatic carbocycles. The topological polar surface area (TPSA) is 282 Å². The number of amides is 4. The van der Waals surface area contributed by atoms with Gasteiger partial charge in [0, 0.05) is 78.5 Å². The van der Waals surface area contributed by atoms with E-state index in [0.717, 1.165) is 0 Å². The molecule has 368 valence electrons. The Kier molecular flexibility index (Phi) is 16.8. The first-order valence-corrected chi connectivity index (χ1v) is 26.4. The van der Waals surface area contributed by atoms with Gasteiger partial charge in [0.15, 0.2) is 8.32 Å². The second-order valence-electron chi connectivity index (χ2n) is 17.8. The van der Waals surface area contributed by atoms with Gasteiger partial charge in [0.25, 0.3) is 17.1 Å². The number of hydrogen-bond donors (Lipinski definition) is 2. The molecule has 0 spiro atoms. The number of carbonyl (C=O) groups is 5. The van der Waals surface area contributed by atoms with Gasteiger partial charge < -0.3 is 39.1 Å². The molecule has 3 aromatic rings. The molecule has 2 N–H and O–H groups in total. The molecule has 3 aliphatic heterocycles. The molecule has 0 unspecified atom stereocenters. The first-order valence-electron chi connectivity index (χ1n) is 22.1. The van der Waals surface area contributed by atoms with Crippen molar-refractivity contribution in [2.45, 2.75) is 96.0 Å². The molecule has 6 atom stereocenters. The summed E-state index contributed by atoms with van der Waals surface area (Å²) in [4.78, 5) is 102. The van der Waals surface area contributed by atoms with E-state index < -0.39 is 65.3 Å². The fourth-order valence-corrected chi connectivity index (χ4v) is 11.2. The van der Waals surface area contributed by atoms with Gasteiger partial charge in [-0.3, -0.25) is 39.9 Å². The molecule has 0 aromatic heterocycles. The molecule has 3 aromatic carbocycles. The largest absolute Gasteiger partial charge is 0.456 e. The summed E-state index contributed by atoms with van der Waals surface area (Å²) in [6, 6.07) is 15.6. The molecule has 3 aliphatic rings. The number of alkyl carbamates (subject to hydrolysis) is 1. The Balaban J connectivity index is 1.13. The van der Waals surface area contributed by atoms with Gasteiger partial charge in [-0.25, -0.2) is 14.4 Å². The number of likely N-dealkylation sites (tertiary alicyclic amines) is 1. The number of β-lactam (4-membered cyclic amide) rings is 1. The Morgan fingerprint density at radius 2 is 1.29 bits per heavy atom. The molecule has 0 radical (unpaired) electrons. The average molecular weight is 992 g/mol. The number of nitrogens with zero attached hydrogens (tertiary/aromatic N) is 5. The number of nitro groups is 3. The van der Waals surface area contributed by atoms with Crippen LogP contribution in [0.2, 0.25) is 19.6 Å². The summed E-state index contributed by atoms with van der Waals surface area (Å²) in [5.41, 5.74) is 1.28. The predicted molar refractivity (Wildman–Crippen MR) is 250 cm³/mol. The average Bonchev–Trinajstić information content (AvgIpc) is 3.82. The standard InChI is InChI=1S/C45H53N7O15SSi/c1-27-39-38(28(2)67-69(3,4)5)42(54)49(39)40(43(55)64-24-29-8-14-32(15-9-29)50(58)59)41(27)68-36-21-35(48(23-36)45(57)66-26-31-12-18-34(19-13-31)52(62)63)22-47-37(53)7-6-20-46-44(56)65-25-30-10-16-33(17-11-30)51(60)61/h8-19,27-28,35-36,38-39H,6-7,20-26H2,1-5H3,(H,46,56)(H,47,53)/t27-,28-,35+,36+,38-,39-/m1/s1. The van der Waals surface area contributed by atoms with Crippen molar-refractivity contribution in [3.05, 3.63) is 130 Å². The summed E-state index contributed by atoms with van der Waals surface area (Å²) in [5.74, 6) is -2.29. The molecule has 69 heavy (non-hydrogen) atoms. The molecule has 0 saturated carbocycles. The number of esters is 1. The van der Waals surface area contributed by atoms with Crippen molar-refractivity contribution in [2.24, 2.45) is 11.8 Å². The number of non-ortho nitro benzene ring substituents is 3. The van der Waals surface area contributed by atoms with Crippen LogP contribution in [0.15, 0.2) is 83.4 Å². The number of nitrogens with one attached hydrogen (secondary N) is 2. The van der Waals surface area contributed by atoms with E-state index in [2.05, 4.69) is 10.6 Å². The van der Waals surface area contributed by atoms with Crippen LogP contribution in [0.1, 0.15) is 49.8 Å². The van der Waals surface area contributed by atoms with Crippen molar-refractivity contribution in [1.29, 1.82) is 0 Å². The lowest BCUT2D eigenvalue weighted by molar-refractivity contribution is -0.385. The third kappa shape index (κ3) is 13.2. The van der Waals surface area contributed by atoms with Crippen LogP contribution in [-0.2, 0) is 52.8 Å². The Hall–Kier alpha value is -6.92. The van der Waals surface area contributed by atoms with E-state index in [1.165, 1.54) is 94.4 Å². The number of rotatable bonds is 21. The Bertz CT molecular complexity index is 2470. The lowest BCUT2D eigenvalue weighted by Gasteiger charge is -2.48. The van der Waals surface area contributed by atoms with E-state index >= 15 is 0 Å². The summed E-state index contributed by atoms with van der Waals surface area (Å²) in [7, 11) is -2.08. The second kappa shape index (κ2) is 22.5. The maximum atomic E-state index is 14.1. The summed E-state index contributed by atoms with van der Waals surface area (Å²) in [6.45, 7) is 9.56. The molecule has 22 nitrogen and oxygen atoms in total. The fraction of sp³-hybridized carbons (Fsp3) is 0.444. The molecule has 6 rings (SSSR count). The van der Waals surface area contributed by atoms with Crippen LogP contribution in [0.3, 0.4) is 0 Å². The summed E-state index contributed by atoms with van der Waals surface area (Å²) >= 11 is 1.34. The molecule has 2 fully saturated rings. The van der Waals surface area contributed by atoms with Gasteiger partial charge >= 0.3 is 18.2 Å². The highest BCUT2D eigenvalue weighted by atomic mass is 32.2. The second-order valence-corrected chi connectivity index (χ2v) is 23.6. The highest BCUT2D eigenvalue weighted by Crippen LogP contribution is 2.53. The lowest BCUT2D eigenvalue weighted by Crippen LogP contribution is -2.64. The van der Waals surface area contributed by atoms with Crippen LogP contribution >= 0.6 is 11.8 Å². The Labute approximate surface area is 401 Å². The van der Waals surface area contributed by atoms with E-state index in [9.17, 15) is 54.3 Å². The molecule has 24 heteroatoms. The fourth-order valence-electron chi connectivity index (χ4n) is 8.39.